The molecule has 5 fully saturated rings. The fourth-order valence-corrected chi connectivity index (χ4v) is 8.08. The lowest BCUT2D eigenvalue weighted by molar-refractivity contribution is -0.117. The summed E-state index contributed by atoms with van der Waals surface area (Å²) in [4.78, 5) is 12.1. The minimum absolute atomic E-state index is 0.0241. The molecule has 6 aliphatic rings. The van der Waals surface area contributed by atoms with Gasteiger partial charge in [0.15, 0.2) is 12.1 Å². The van der Waals surface area contributed by atoms with Crippen LogP contribution in [-0.4, -0.2) is 37.5 Å². The van der Waals surface area contributed by atoms with Crippen LogP contribution in [0.25, 0.3) is 0 Å². The third-order valence-corrected chi connectivity index (χ3v) is 9.59. The molecule has 0 N–H and O–H groups in total. The number of carbonyl (C=O) groups excluding carboxylic acids is 1. The Morgan fingerprint density at radius 1 is 1.07 bits per heavy atom. The van der Waals surface area contributed by atoms with Crippen LogP contribution >= 0.6 is 0 Å². The number of hydrogen-bond donors (Lipinski definition) is 0. The molecule has 4 aliphatic carbocycles. The van der Waals surface area contributed by atoms with E-state index in [9.17, 15) is 4.79 Å². The van der Waals surface area contributed by atoms with Crippen LogP contribution in [0, 0.1) is 34.5 Å². The summed E-state index contributed by atoms with van der Waals surface area (Å²) in [5, 5.41) is 0. The van der Waals surface area contributed by atoms with Gasteiger partial charge >= 0.3 is 0 Å². The molecule has 0 amide bonds. The van der Waals surface area contributed by atoms with Gasteiger partial charge in [-0.15, -0.1) is 0 Å². The fraction of sp³-hybridized carbons (Fsp3) is 0.870. The van der Waals surface area contributed by atoms with Gasteiger partial charge in [0.1, 0.15) is 6.10 Å². The van der Waals surface area contributed by atoms with Crippen LogP contribution in [0.1, 0.15) is 58.8 Å². The van der Waals surface area contributed by atoms with Crippen molar-refractivity contribution < 1.29 is 19.0 Å². The van der Waals surface area contributed by atoms with Crippen LogP contribution < -0.4 is 0 Å². The Hall–Kier alpha value is -0.710. The van der Waals surface area contributed by atoms with E-state index in [1.165, 1.54) is 31.3 Å². The molecular weight excluding hydrogens is 340 g/mol. The van der Waals surface area contributed by atoms with E-state index in [4.69, 9.17) is 14.2 Å². The van der Waals surface area contributed by atoms with Gasteiger partial charge in [0.05, 0.1) is 19.3 Å². The van der Waals surface area contributed by atoms with E-state index < -0.39 is 0 Å². The van der Waals surface area contributed by atoms with Gasteiger partial charge in [0, 0.05) is 12.8 Å². The first-order valence-corrected chi connectivity index (χ1v) is 11.1. The highest BCUT2D eigenvalue weighted by atomic mass is 16.7. The van der Waals surface area contributed by atoms with Crippen molar-refractivity contribution in [1.82, 2.24) is 0 Å². The zero-order valence-electron chi connectivity index (χ0n) is 16.6. The number of rotatable bonds is 2. The number of epoxide rings is 1. The molecule has 4 nitrogen and oxygen atoms in total. The Bertz CT molecular complexity index is 694. The third kappa shape index (κ3) is 2.30. The van der Waals surface area contributed by atoms with Gasteiger partial charge in [0.2, 0.25) is 0 Å². The topological polar surface area (TPSA) is 48.1 Å². The van der Waals surface area contributed by atoms with E-state index in [1.54, 1.807) is 0 Å². The highest BCUT2D eigenvalue weighted by molar-refractivity contribution is 5.92. The molecule has 8 unspecified atom stereocenters. The average molecular weight is 373 g/mol. The van der Waals surface area contributed by atoms with Crippen molar-refractivity contribution in [2.75, 3.05) is 13.2 Å². The van der Waals surface area contributed by atoms with Gasteiger partial charge in [0.25, 0.3) is 0 Å². The molecule has 0 spiro atoms. The standard InChI is InChI=1S/C23H32O4/c1-22-8-6-16-19(15(22)4-3-13(22)11-18-25-9-10-26-18)21-20(27-21)17-12-14(24)5-7-23(16,17)2/h12-13,15-16,18-21H,3-11H2,1-2H3. The maximum atomic E-state index is 12.1. The highest BCUT2D eigenvalue weighted by Crippen LogP contribution is 2.70. The van der Waals surface area contributed by atoms with Crippen molar-refractivity contribution >= 4 is 5.78 Å². The van der Waals surface area contributed by atoms with Crippen molar-refractivity contribution in [1.29, 1.82) is 0 Å². The summed E-state index contributed by atoms with van der Waals surface area (Å²) >= 11 is 0. The van der Waals surface area contributed by atoms with Crippen LogP contribution in [0.3, 0.4) is 0 Å². The zero-order chi connectivity index (χ0) is 18.4. The number of hydrogen-bond acceptors (Lipinski definition) is 4. The van der Waals surface area contributed by atoms with Crippen molar-refractivity contribution in [3.8, 4) is 0 Å². The van der Waals surface area contributed by atoms with Gasteiger partial charge in [-0.05, 0) is 78.3 Å². The van der Waals surface area contributed by atoms with Crippen molar-refractivity contribution in [3.63, 3.8) is 0 Å². The number of ketones is 1. The first-order valence-electron chi connectivity index (χ1n) is 11.1. The van der Waals surface area contributed by atoms with E-state index in [-0.39, 0.29) is 17.8 Å². The predicted octanol–water partition coefficient (Wildman–Crippen LogP) is 3.88. The van der Waals surface area contributed by atoms with Gasteiger partial charge in [-0.1, -0.05) is 13.8 Å². The summed E-state index contributed by atoms with van der Waals surface area (Å²) in [5.41, 5.74) is 1.93. The summed E-state index contributed by atoms with van der Waals surface area (Å²) in [6.07, 6.45) is 10.7. The predicted molar refractivity (Wildman–Crippen MR) is 99.9 cm³/mol. The van der Waals surface area contributed by atoms with Gasteiger partial charge in [-0.25, -0.2) is 0 Å². The molecule has 3 saturated carbocycles. The molecule has 2 saturated heterocycles. The summed E-state index contributed by atoms with van der Waals surface area (Å²) in [6.45, 7) is 6.50. The lowest BCUT2D eigenvalue weighted by Crippen LogP contribution is -2.53. The monoisotopic (exact) mass is 372 g/mol. The van der Waals surface area contributed by atoms with Crippen LogP contribution in [0.4, 0.5) is 0 Å². The quantitative estimate of drug-likeness (QED) is 0.690. The van der Waals surface area contributed by atoms with Crippen LogP contribution in [0.5, 0.6) is 0 Å². The summed E-state index contributed by atoms with van der Waals surface area (Å²) in [7, 11) is 0. The molecular formula is C23H32O4. The summed E-state index contributed by atoms with van der Waals surface area (Å²) in [5.74, 6) is 3.15. The lowest BCUT2D eigenvalue weighted by Gasteiger charge is -2.56. The lowest BCUT2D eigenvalue weighted by atomic mass is 9.46. The minimum Gasteiger partial charge on any atom is -0.365 e. The Morgan fingerprint density at radius 2 is 1.89 bits per heavy atom. The van der Waals surface area contributed by atoms with Crippen molar-refractivity contribution in [2.45, 2.75) is 77.3 Å². The van der Waals surface area contributed by atoms with Gasteiger partial charge in [-0.2, -0.15) is 0 Å². The normalized spacial score (nSPS) is 54.0. The van der Waals surface area contributed by atoms with E-state index >= 15 is 0 Å². The molecule has 0 aromatic rings. The average Bonchev–Trinajstić information content (AvgIpc) is 3.13. The largest absolute Gasteiger partial charge is 0.365 e. The second-order valence-electron chi connectivity index (χ2n) is 10.5. The first kappa shape index (κ1) is 17.2. The van der Waals surface area contributed by atoms with E-state index in [0.29, 0.717) is 35.1 Å². The van der Waals surface area contributed by atoms with Gasteiger partial charge < -0.3 is 14.2 Å². The van der Waals surface area contributed by atoms with Crippen molar-refractivity contribution in [2.24, 2.45) is 34.5 Å². The molecule has 148 valence electrons. The molecule has 8 atom stereocenters. The Kier molecular flexibility index (Phi) is 3.61. The molecule has 27 heavy (non-hydrogen) atoms. The number of ether oxygens (including phenoxy) is 3. The van der Waals surface area contributed by atoms with E-state index in [2.05, 4.69) is 13.8 Å². The Labute approximate surface area is 162 Å². The molecule has 0 aromatic carbocycles. The third-order valence-electron chi connectivity index (χ3n) is 9.59. The van der Waals surface area contributed by atoms with Crippen LogP contribution in [0.15, 0.2) is 11.6 Å². The molecule has 0 aromatic heterocycles. The van der Waals surface area contributed by atoms with Gasteiger partial charge in [-0.3, -0.25) is 4.79 Å². The molecule has 0 radical (unpaired) electrons. The Morgan fingerprint density at radius 3 is 2.70 bits per heavy atom. The maximum absolute atomic E-state index is 12.1. The van der Waals surface area contributed by atoms with Crippen LogP contribution in [0.2, 0.25) is 0 Å². The van der Waals surface area contributed by atoms with E-state index in [1.807, 2.05) is 6.08 Å². The first-order chi connectivity index (χ1) is 13.0. The molecule has 2 heterocycles. The molecule has 0 bridgehead atoms. The maximum Gasteiger partial charge on any atom is 0.158 e. The van der Waals surface area contributed by atoms with Crippen LogP contribution in [-0.2, 0) is 19.0 Å². The second kappa shape index (κ2) is 5.67. The second-order valence-corrected chi connectivity index (χ2v) is 10.5. The SMILES string of the molecule is CC12CCC(=O)C=C1C1OC1C1C2CCC2(C)C(CC3OCCO3)CCC12. The van der Waals surface area contributed by atoms with Crippen molar-refractivity contribution in [3.05, 3.63) is 11.6 Å². The number of fused-ring (bicyclic) bond motifs is 8. The molecule has 6 rings (SSSR count). The minimum atomic E-state index is 0.0241. The molecule has 4 heteroatoms. The van der Waals surface area contributed by atoms with E-state index in [0.717, 1.165) is 38.4 Å². The summed E-state index contributed by atoms with van der Waals surface area (Å²) in [6, 6.07) is 0. The number of carbonyl (C=O) groups is 1. The smallest absolute Gasteiger partial charge is 0.158 e. The fourth-order valence-electron chi connectivity index (χ4n) is 8.08. The Balaban J connectivity index is 1.30. The summed E-state index contributed by atoms with van der Waals surface area (Å²) < 4.78 is 17.9. The zero-order valence-corrected chi connectivity index (χ0v) is 16.6. The molecule has 2 aliphatic heterocycles. The highest BCUT2D eigenvalue weighted by Gasteiger charge is 2.68.